The van der Waals surface area contributed by atoms with E-state index in [0.29, 0.717) is 11.3 Å². The second-order valence-corrected chi connectivity index (χ2v) is 5.24. The van der Waals surface area contributed by atoms with Gasteiger partial charge in [-0.1, -0.05) is 0 Å². The van der Waals surface area contributed by atoms with Crippen LogP contribution < -0.4 is 24.2 Å². The zero-order valence-corrected chi connectivity index (χ0v) is 11.7. The van der Waals surface area contributed by atoms with Crippen molar-refractivity contribution >= 4 is 27.5 Å². The maximum Gasteiger partial charge on any atom is 1.00 e. The summed E-state index contributed by atoms with van der Waals surface area (Å²) in [5, 5.41) is 2.46. The van der Waals surface area contributed by atoms with Crippen molar-refractivity contribution in [3.63, 3.8) is 0 Å². The molecule has 1 aromatic carbocycles. The van der Waals surface area contributed by atoms with Crippen molar-refractivity contribution < 1.29 is 41.4 Å². The second kappa shape index (κ2) is 6.87. The van der Waals surface area contributed by atoms with E-state index in [4.69, 9.17) is 0 Å². The van der Waals surface area contributed by atoms with E-state index in [1.54, 1.807) is 6.92 Å². The molecule has 0 saturated carbocycles. The Morgan fingerprint density at radius 2 is 1.89 bits per heavy atom. The summed E-state index contributed by atoms with van der Waals surface area (Å²) < 4.78 is 32.3. The van der Waals surface area contributed by atoms with Gasteiger partial charge in [0.25, 0.3) is 0 Å². The van der Waals surface area contributed by atoms with Crippen molar-refractivity contribution in [2.45, 2.75) is 25.2 Å². The Hall–Kier alpha value is -1.13. The van der Waals surface area contributed by atoms with Gasteiger partial charge in [-0.25, -0.2) is 8.42 Å². The van der Waals surface area contributed by atoms with E-state index in [-0.39, 0.29) is 36.0 Å². The van der Waals surface area contributed by atoms with Gasteiger partial charge in [-0.15, -0.1) is 0 Å². The number of aryl methyl sites for hydroxylation is 1. The minimum Gasteiger partial charge on any atom is -0.744 e. The van der Waals surface area contributed by atoms with Crippen LogP contribution in [0.25, 0.3) is 0 Å². The molecule has 1 N–H and O–H groups in total. The van der Waals surface area contributed by atoms with Gasteiger partial charge in [0.1, 0.15) is 15.9 Å². The third-order valence-electron chi connectivity index (χ3n) is 2.17. The van der Waals surface area contributed by atoms with Crippen molar-refractivity contribution in [1.29, 1.82) is 0 Å². The van der Waals surface area contributed by atoms with Gasteiger partial charge < -0.3 is 9.87 Å². The average Bonchev–Trinajstić information content (AvgIpc) is 2.18. The number of carbonyl (C=O) groups is 2. The molecular weight excluding hydrogens is 265 g/mol. The zero-order valence-electron chi connectivity index (χ0n) is 10.9. The normalized spacial score (nSPS) is 10.5. The monoisotopic (exact) mass is 277 g/mol. The van der Waals surface area contributed by atoms with Crippen molar-refractivity contribution in [2.24, 2.45) is 0 Å². The first kappa shape index (κ1) is 17.9. The van der Waals surface area contributed by atoms with Gasteiger partial charge in [0, 0.05) is 5.69 Å². The first-order valence-electron chi connectivity index (χ1n) is 5.06. The number of hydrogen-bond acceptors (Lipinski definition) is 5. The van der Waals surface area contributed by atoms with E-state index in [1.807, 2.05) is 0 Å². The molecule has 1 rings (SSSR count). The molecule has 0 heterocycles. The molecule has 0 unspecified atom stereocenters. The number of Topliss-reactive ketones (excluding diaryl/α,β-unsaturated/α-hetero) is 1. The number of rotatable bonds is 4. The summed E-state index contributed by atoms with van der Waals surface area (Å²) in [6.45, 7) is 2.84. The third kappa shape index (κ3) is 5.57. The molecule has 0 aliphatic carbocycles. The van der Waals surface area contributed by atoms with E-state index in [9.17, 15) is 22.6 Å². The van der Waals surface area contributed by atoms with Gasteiger partial charge in [-0.2, -0.15) is 0 Å². The fourth-order valence-electron chi connectivity index (χ4n) is 1.35. The maximum absolute atomic E-state index is 11.3. The van der Waals surface area contributed by atoms with Gasteiger partial charge in [0.2, 0.25) is 5.91 Å². The van der Waals surface area contributed by atoms with Gasteiger partial charge in [-0.3, -0.25) is 9.59 Å². The molecule has 19 heavy (non-hydrogen) atoms. The van der Waals surface area contributed by atoms with Gasteiger partial charge in [-0.05, 0) is 37.6 Å². The number of hydrogen-bond donors (Lipinski definition) is 1. The molecule has 0 aliphatic heterocycles. The Bertz CT molecular complexity index is 597. The second-order valence-electron chi connectivity index (χ2n) is 3.86. The van der Waals surface area contributed by atoms with Crippen molar-refractivity contribution in [1.82, 2.24) is 0 Å². The van der Waals surface area contributed by atoms with Crippen LogP contribution in [0.4, 0.5) is 5.69 Å². The molecule has 0 bridgehead atoms. The van der Waals surface area contributed by atoms with Crippen LogP contribution in [0.1, 0.15) is 18.9 Å². The Morgan fingerprint density at radius 3 is 2.32 bits per heavy atom. The van der Waals surface area contributed by atoms with Crippen LogP contribution in [0.15, 0.2) is 23.1 Å². The molecule has 0 aromatic heterocycles. The van der Waals surface area contributed by atoms with Crippen LogP contribution in [0.5, 0.6) is 0 Å². The molecule has 6 nitrogen and oxygen atoms in total. The molecule has 0 aliphatic rings. The molecule has 0 spiro atoms. The minimum absolute atomic E-state index is 0. The van der Waals surface area contributed by atoms with E-state index in [1.165, 1.54) is 19.1 Å². The van der Waals surface area contributed by atoms with E-state index < -0.39 is 16.0 Å². The number of ketones is 1. The van der Waals surface area contributed by atoms with E-state index >= 15 is 0 Å². The first-order valence-corrected chi connectivity index (χ1v) is 6.47. The number of anilines is 1. The van der Waals surface area contributed by atoms with Crippen molar-refractivity contribution in [3.05, 3.63) is 23.8 Å². The Morgan fingerprint density at radius 1 is 1.32 bits per heavy atom. The Labute approximate surface area is 123 Å². The first-order chi connectivity index (χ1) is 8.20. The summed E-state index contributed by atoms with van der Waals surface area (Å²) in [6, 6.07) is 3.60. The molecular formula is C11H12LiNO5S. The summed E-state index contributed by atoms with van der Waals surface area (Å²) in [4.78, 5) is 21.7. The number of nitrogens with one attached hydrogen (secondary N) is 1. The molecule has 0 fully saturated rings. The summed E-state index contributed by atoms with van der Waals surface area (Å²) in [7, 11) is -4.51. The molecule has 0 radical (unpaired) electrons. The number of carbonyl (C=O) groups excluding carboxylic acids is 2. The van der Waals surface area contributed by atoms with E-state index in [2.05, 4.69) is 5.32 Å². The van der Waals surface area contributed by atoms with Crippen molar-refractivity contribution in [3.8, 4) is 0 Å². The average molecular weight is 277 g/mol. The van der Waals surface area contributed by atoms with Gasteiger partial charge in [0.15, 0.2) is 0 Å². The standard InChI is InChI=1S/C11H13NO5S.Li/c1-7-5-9(18(15,16)17)3-4-10(7)12-11(14)6-8(2)13;/h3-5H,6H2,1-2H3,(H,12,14)(H,15,16,17);/q;+1/p-1. The topological polar surface area (TPSA) is 103 Å². The van der Waals surface area contributed by atoms with Crippen LogP contribution in [0, 0.1) is 6.92 Å². The number of benzene rings is 1. The van der Waals surface area contributed by atoms with Crippen LogP contribution in [0.3, 0.4) is 0 Å². The summed E-state index contributed by atoms with van der Waals surface area (Å²) in [6.07, 6.45) is -0.249. The minimum atomic E-state index is -4.51. The fraction of sp³-hybridized carbons (Fsp3) is 0.273. The van der Waals surface area contributed by atoms with Crippen LogP contribution in [0.2, 0.25) is 0 Å². The molecule has 1 aromatic rings. The predicted molar refractivity (Wildman–Crippen MR) is 63.1 cm³/mol. The summed E-state index contributed by atoms with van der Waals surface area (Å²) in [5.74, 6) is -0.757. The maximum atomic E-state index is 11.3. The molecule has 0 atom stereocenters. The molecule has 8 heteroatoms. The van der Waals surface area contributed by atoms with Crippen LogP contribution in [-0.2, 0) is 19.7 Å². The largest absolute Gasteiger partial charge is 1.00 e. The van der Waals surface area contributed by atoms with Gasteiger partial charge in [0.05, 0.1) is 11.3 Å². The van der Waals surface area contributed by atoms with Crippen LogP contribution >= 0.6 is 0 Å². The molecule has 0 saturated heterocycles. The van der Waals surface area contributed by atoms with Gasteiger partial charge >= 0.3 is 18.9 Å². The van der Waals surface area contributed by atoms with E-state index in [0.717, 1.165) is 6.07 Å². The summed E-state index contributed by atoms with van der Waals surface area (Å²) in [5.41, 5.74) is 0.803. The third-order valence-corrected chi connectivity index (χ3v) is 3.00. The van der Waals surface area contributed by atoms with Crippen LogP contribution in [-0.4, -0.2) is 24.7 Å². The smallest absolute Gasteiger partial charge is 0.744 e. The van der Waals surface area contributed by atoms with Crippen molar-refractivity contribution in [2.75, 3.05) is 5.32 Å². The fourth-order valence-corrected chi connectivity index (χ4v) is 1.91. The zero-order chi connectivity index (χ0) is 13.9. The molecule has 98 valence electrons. The Balaban J connectivity index is 0.00000324. The molecule has 1 amide bonds. The Kier molecular flexibility index (Phi) is 6.46. The SMILES string of the molecule is CC(=O)CC(=O)Nc1ccc(S(=O)(=O)[O-])cc1C.[Li+]. The number of amides is 1. The predicted octanol–water partition coefficient (Wildman–Crippen LogP) is -2.18. The summed E-state index contributed by atoms with van der Waals surface area (Å²) >= 11 is 0. The quantitative estimate of drug-likeness (QED) is 0.383.